The Balaban J connectivity index is 3.61. The molecule has 0 rings (SSSR count). The van der Waals surface area contributed by atoms with Crippen LogP contribution in [0.25, 0.3) is 0 Å². The summed E-state index contributed by atoms with van der Waals surface area (Å²) in [5.74, 6) is -2.45. The molecule has 0 radical (unpaired) electrons. The van der Waals surface area contributed by atoms with Crippen LogP contribution in [0.2, 0.25) is 0 Å². The largest absolute Gasteiger partial charge is 0.250 e. The molecule has 0 aromatic carbocycles. The zero-order chi connectivity index (χ0) is 9.78. The third kappa shape index (κ3) is 4.68. The van der Waals surface area contributed by atoms with Gasteiger partial charge >= 0.3 is 0 Å². The van der Waals surface area contributed by atoms with Crippen LogP contribution in [-0.2, 0) is 0 Å². The Morgan fingerprint density at radius 1 is 1.08 bits per heavy atom. The van der Waals surface area contributed by atoms with Crippen molar-refractivity contribution >= 4 is 0 Å². The second-order valence-electron chi connectivity index (χ2n) is 4.20. The van der Waals surface area contributed by atoms with E-state index in [1.807, 2.05) is 0 Å². The van der Waals surface area contributed by atoms with Gasteiger partial charge in [0.05, 0.1) is 0 Å². The molecule has 0 spiro atoms. The summed E-state index contributed by atoms with van der Waals surface area (Å²) in [4.78, 5) is 0. The van der Waals surface area contributed by atoms with Gasteiger partial charge in [0.25, 0.3) is 0 Å². The molecule has 0 aliphatic heterocycles. The molecule has 0 saturated heterocycles. The Labute approximate surface area is 74.4 Å². The lowest BCUT2D eigenvalue weighted by atomic mass is 9.97. The van der Waals surface area contributed by atoms with Crippen LogP contribution in [-0.4, -0.2) is 5.92 Å². The minimum absolute atomic E-state index is 0.0445. The summed E-state index contributed by atoms with van der Waals surface area (Å²) in [6.45, 7) is 7.28. The second kappa shape index (κ2) is 4.78. The Hall–Kier alpha value is -0.140. The van der Waals surface area contributed by atoms with E-state index in [9.17, 15) is 8.78 Å². The van der Waals surface area contributed by atoms with E-state index in [2.05, 4.69) is 13.8 Å². The van der Waals surface area contributed by atoms with E-state index in [-0.39, 0.29) is 6.42 Å². The molecule has 0 aliphatic carbocycles. The van der Waals surface area contributed by atoms with Gasteiger partial charge < -0.3 is 0 Å². The van der Waals surface area contributed by atoms with Crippen LogP contribution in [0.1, 0.15) is 47.0 Å². The molecule has 74 valence electrons. The molecule has 0 heterocycles. The smallest absolute Gasteiger partial charge is 0.207 e. The van der Waals surface area contributed by atoms with E-state index >= 15 is 0 Å². The molecular formula is C10H20F2. The molecule has 2 heteroatoms. The van der Waals surface area contributed by atoms with Gasteiger partial charge in [-0.2, -0.15) is 0 Å². The first kappa shape index (κ1) is 11.9. The monoisotopic (exact) mass is 178 g/mol. The van der Waals surface area contributed by atoms with Gasteiger partial charge in [-0.1, -0.05) is 34.1 Å². The average molecular weight is 178 g/mol. The van der Waals surface area contributed by atoms with Crippen molar-refractivity contribution in [1.82, 2.24) is 0 Å². The summed E-state index contributed by atoms with van der Waals surface area (Å²) >= 11 is 0. The quantitative estimate of drug-likeness (QED) is 0.594. The topological polar surface area (TPSA) is 0 Å². The van der Waals surface area contributed by atoms with Crippen LogP contribution in [0.5, 0.6) is 0 Å². The zero-order valence-electron chi connectivity index (χ0n) is 8.53. The predicted molar refractivity (Wildman–Crippen MR) is 48.5 cm³/mol. The summed E-state index contributed by atoms with van der Waals surface area (Å²) < 4.78 is 26.0. The Kier molecular flexibility index (Phi) is 4.73. The van der Waals surface area contributed by atoms with Crippen LogP contribution in [0.4, 0.5) is 8.78 Å². The highest BCUT2D eigenvalue weighted by Gasteiger charge is 2.32. The number of hydrogen-bond donors (Lipinski definition) is 0. The molecular weight excluding hydrogens is 158 g/mol. The molecule has 0 aromatic heterocycles. The summed E-state index contributed by atoms with van der Waals surface area (Å²) in [5.41, 5.74) is 0. The SMILES string of the molecule is CC(C)CCCC(F)(F)C(C)C. The number of hydrogen-bond acceptors (Lipinski definition) is 0. The second-order valence-corrected chi connectivity index (χ2v) is 4.20. The first-order valence-corrected chi connectivity index (χ1v) is 4.74. The fourth-order valence-corrected chi connectivity index (χ4v) is 1.03. The van der Waals surface area contributed by atoms with Crippen molar-refractivity contribution in [3.05, 3.63) is 0 Å². The Morgan fingerprint density at radius 3 is 1.92 bits per heavy atom. The number of rotatable bonds is 5. The van der Waals surface area contributed by atoms with Gasteiger partial charge in [-0.3, -0.25) is 0 Å². The molecule has 12 heavy (non-hydrogen) atoms. The first-order valence-electron chi connectivity index (χ1n) is 4.74. The molecule has 0 bridgehead atoms. The molecule has 0 aliphatic rings. The van der Waals surface area contributed by atoms with Crippen molar-refractivity contribution in [3.8, 4) is 0 Å². The van der Waals surface area contributed by atoms with Crippen LogP contribution in [0.3, 0.4) is 0 Å². The maximum atomic E-state index is 13.0. The summed E-state index contributed by atoms with van der Waals surface area (Å²) in [7, 11) is 0. The summed E-state index contributed by atoms with van der Waals surface area (Å²) in [6, 6.07) is 0. The normalized spacial score (nSPS) is 13.0. The molecule has 0 atom stereocenters. The Bertz CT molecular complexity index is 117. The molecule has 0 unspecified atom stereocenters. The van der Waals surface area contributed by atoms with E-state index < -0.39 is 11.8 Å². The average Bonchev–Trinajstić information content (AvgIpc) is 1.85. The van der Waals surface area contributed by atoms with Gasteiger partial charge in [0, 0.05) is 12.3 Å². The van der Waals surface area contributed by atoms with Gasteiger partial charge in [-0.05, 0) is 12.3 Å². The minimum Gasteiger partial charge on any atom is -0.207 e. The van der Waals surface area contributed by atoms with Crippen LogP contribution in [0, 0.1) is 11.8 Å². The molecule has 0 saturated carbocycles. The van der Waals surface area contributed by atoms with Crippen molar-refractivity contribution in [1.29, 1.82) is 0 Å². The van der Waals surface area contributed by atoms with Crippen molar-refractivity contribution < 1.29 is 8.78 Å². The van der Waals surface area contributed by atoms with Crippen molar-refractivity contribution in [2.75, 3.05) is 0 Å². The van der Waals surface area contributed by atoms with Gasteiger partial charge in [-0.25, -0.2) is 8.78 Å². The molecule has 0 fully saturated rings. The van der Waals surface area contributed by atoms with Crippen molar-refractivity contribution in [2.45, 2.75) is 52.9 Å². The standard InChI is InChI=1S/C10H20F2/c1-8(2)6-5-7-10(11,12)9(3)4/h8-9H,5-7H2,1-4H3. The third-order valence-electron chi connectivity index (χ3n) is 2.14. The lowest BCUT2D eigenvalue weighted by Crippen LogP contribution is -2.23. The fourth-order valence-electron chi connectivity index (χ4n) is 1.03. The highest BCUT2D eigenvalue weighted by atomic mass is 19.3. The number of alkyl halides is 2. The maximum absolute atomic E-state index is 13.0. The van der Waals surface area contributed by atoms with Gasteiger partial charge in [-0.15, -0.1) is 0 Å². The van der Waals surface area contributed by atoms with E-state index in [4.69, 9.17) is 0 Å². The van der Waals surface area contributed by atoms with Crippen molar-refractivity contribution in [3.63, 3.8) is 0 Å². The minimum atomic E-state index is -2.46. The van der Waals surface area contributed by atoms with Crippen LogP contribution < -0.4 is 0 Å². The van der Waals surface area contributed by atoms with Gasteiger partial charge in [0.1, 0.15) is 0 Å². The molecule has 0 nitrogen and oxygen atoms in total. The molecule has 0 amide bonds. The van der Waals surface area contributed by atoms with E-state index in [1.54, 1.807) is 13.8 Å². The van der Waals surface area contributed by atoms with E-state index in [0.717, 1.165) is 6.42 Å². The Morgan fingerprint density at radius 2 is 1.58 bits per heavy atom. The lowest BCUT2D eigenvalue weighted by molar-refractivity contribution is -0.0544. The highest BCUT2D eigenvalue weighted by molar-refractivity contribution is 4.70. The number of halogens is 2. The lowest BCUT2D eigenvalue weighted by Gasteiger charge is -2.20. The van der Waals surface area contributed by atoms with E-state index in [0.29, 0.717) is 12.3 Å². The molecule has 0 N–H and O–H groups in total. The summed E-state index contributed by atoms with van der Waals surface area (Å²) in [5, 5.41) is 0. The molecule has 0 aromatic rings. The highest BCUT2D eigenvalue weighted by Crippen LogP contribution is 2.30. The predicted octanol–water partition coefficient (Wildman–Crippen LogP) is 4.10. The van der Waals surface area contributed by atoms with E-state index in [1.165, 1.54) is 0 Å². The third-order valence-corrected chi connectivity index (χ3v) is 2.14. The fraction of sp³-hybridized carbons (Fsp3) is 1.00. The van der Waals surface area contributed by atoms with Crippen LogP contribution >= 0.6 is 0 Å². The van der Waals surface area contributed by atoms with Gasteiger partial charge in [0.15, 0.2) is 0 Å². The van der Waals surface area contributed by atoms with Crippen LogP contribution in [0.15, 0.2) is 0 Å². The van der Waals surface area contributed by atoms with Gasteiger partial charge in [0.2, 0.25) is 5.92 Å². The summed E-state index contributed by atoms with van der Waals surface area (Å²) in [6.07, 6.45) is 1.59. The maximum Gasteiger partial charge on any atom is 0.250 e. The zero-order valence-corrected chi connectivity index (χ0v) is 8.53. The first-order chi connectivity index (χ1) is 5.36. The van der Waals surface area contributed by atoms with Crippen molar-refractivity contribution in [2.24, 2.45) is 11.8 Å².